The van der Waals surface area contributed by atoms with Crippen molar-refractivity contribution in [2.75, 3.05) is 0 Å². The van der Waals surface area contributed by atoms with Crippen molar-refractivity contribution < 1.29 is 9.53 Å². The van der Waals surface area contributed by atoms with Gasteiger partial charge >= 0.3 is 0 Å². The fraction of sp³-hybridized carbons (Fsp3) is 0.278. The predicted octanol–water partition coefficient (Wildman–Crippen LogP) is 3.24. The van der Waals surface area contributed by atoms with Crippen molar-refractivity contribution in [3.63, 3.8) is 0 Å². The number of ketones is 1. The van der Waals surface area contributed by atoms with Gasteiger partial charge in [0.2, 0.25) is 0 Å². The van der Waals surface area contributed by atoms with Gasteiger partial charge in [-0.3, -0.25) is 4.79 Å². The van der Waals surface area contributed by atoms with Crippen LogP contribution in [-0.4, -0.2) is 5.78 Å². The number of hydrogen-bond acceptors (Lipinski definition) is 3. The fourth-order valence-corrected chi connectivity index (χ4v) is 2.65. The summed E-state index contributed by atoms with van der Waals surface area (Å²) in [5.41, 5.74) is 9.79. The maximum atomic E-state index is 11.8. The number of ether oxygens (including phenoxy) is 1. The van der Waals surface area contributed by atoms with Gasteiger partial charge in [0.25, 0.3) is 0 Å². The van der Waals surface area contributed by atoms with Gasteiger partial charge < -0.3 is 10.5 Å². The lowest BCUT2D eigenvalue weighted by Gasteiger charge is -2.16. The summed E-state index contributed by atoms with van der Waals surface area (Å²) in [6.07, 6.45) is 2.57. The van der Waals surface area contributed by atoms with E-state index in [9.17, 15) is 4.79 Å². The lowest BCUT2D eigenvalue weighted by atomic mass is 9.90. The van der Waals surface area contributed by atoms with E-state index >= 15 is 0 Å². The molecule has 3 nitrogen and oxygen atoms in total. The van der Waals surface area contributed by atoms with Crippen LogP contribution >= 0.6 is 0 Å². The lowest BCUT2D eigenvalue weighted by Crippen LogP contribution is -2.10. The third-order valence-electron chi connectivity index (χ3n) is 3.89. The van der Waals surface area contributed by atoms with Crippen LogP contribution in [0.1, 0.15) is 39.9 Å². The molecule has 0 saturated carbocycles. The summed E-state index contributed by atoms with van der Waals surface area (Å²) in [5.74, 6) is 1.08. The Morgan fingerprint density at radius 2 is 1.76 bits per heavy atom. The Balaban J connectivity index is 1.69. The first-order chi connectivity index (χ1) is 10.3. The number of hydrogen-bond donors (Lipinski definition) is 1. The molecule has 0 radical (unpaired) electrons. The lowest BCUT2D eigenvalue weighted by molar-refractivity contribution is 0.0972. The van der Waals surface area contributed by atoms with Gasteiger partial charge in [-0.1, -0.05) is 24.3 Å². The van der Waals surface area contributed by atoms with E-state index in [1.807, 2.05) is 42.5 Å². The van der Waals surface area contributed by atoms with E-state index in [4.69, 9.17) is 10.5 Å². The molecule has 0 aliphatic heterocycles. The summed E-state index contributed by atoms with van der Waals surface area (Å²) in [4.78, 5) is 11.8. The molecule has 0 saturated heterocycles. The molecule has 0 heterocycles. The molecule has 2 aromatic rings. The highest BCUT2D eigenvalue weighted by atomic mass is 16.5. The summed E-state index contributed by atoms with van der Waals surface area (Å²) in [6, 6.07) is 13.9. The number of Topliss-reactive ketones (excluding diaryl/α,β-unsaturated/α-hetero) is 1. The van der Waals surface area contributed by atoms with Crippen LogP contribution in [0.3, 0.4) is 0 Å². The zero-order chi connectivity index (χ0) is 14.7. The number of aryl methyl sites for hydroxylation is 1. The van der Waals surface area contributed by atoms with Crippen molar-refractivity contribution in [3.8, 4) is 5.75 Å². The number of carbonyl (C=O) groups is 1. The molecule has 3 heteroatoms. The molecule has 0 fully saturated rings. The molecule has 1 aliphatic carbocycles. The van der Waals surface area contributed by atoms with Crippen LogP contribution in [0.25, 0.3) is 0 Å². The van der Waals surface area contributed by atoms with Gasteiger partial charge in [-0.15, -0.1) is 0 Å². The first kappa shape index (κ1) is 13.8. The Morgan fingerprint density at radius 1 is 1.00 bits per heavy atom. The van der Waals surface area contributed by atoms with Crippen LogP contribution in [-0.2, 0) is 19.6 Å². The van der Waals surface area contributed by atoms with Crippen molar-refractivity contribution in [1.82, 2.24) is 0 Å². The minimum Gasteiger partial charge on any atom is -0.489 e. The Hall–Kier alpha value is -2.13. The van der Waals surface area contributed by atoms with Gasteiger partial charge in [0.15, 0.2) is 5.78 Å². The number of benzene rings is 2. The highest BCUT2D eigenvalue weighted by molar-refractivity contribution is 5.98. The first-order valence-corrected chi connectivity index (χ1v) is 7.33. The van der Waals surface area contributed by atoms with Crippen LogP contribution in [0, 0.1) is 0 Å². The minimum absolute atomic E-state index is 0.250. The molecule has 2 N–H and O–H groups in total. The van der Waals surface area contributed by atoms with Crippen LogP contribution in [0.2, 0.25) is 0 Å². The van der Waals surface area contributed by atoms with E-state index in [0.29, 0.717) is 19.6 Å². The molecule has 2 aromatic carbocycles. The predicted molar refractivity (Wildman–Crippen MR) is 82.4 cm³/mol. The summed E-state index contributed by atoms with van der Waals surface area (Å²) < 4.78 is 5.82. The number of rotatable bonds is 4. The SMILES string of the molecule is NCc1ccc(COc2ccc3c(c2)CCCC3=O)cc1. The van der Waals surface area contributed by atoms with Gasteiger partial charge in [0.05, 0.1) is 0 Å². The van der Waals surface area contributed by atoms with E-state index in [0.717, 1.165) is 40.8 Å². The average Bonchev–Trinajstić information content (AvgIpc) is 2.53. The van der Waals surface area contributed by atoms with Crippen molar-refractivity contribution in [2.24, 2.45) is 5.73 Å². The molecule has 0 bridgehead atoms. The van der Waals surface area contributed by atoms with Crippen LogP contribution < -0.4 is 10.5 Å². The molecule has 3 rings (SSSR count). The van der Waals surface area contributed by atoms with Crippen molar-refractivity contribution >= 4 is 5.78 Å². The summed E-state index contributed by atoms with van der Waals surface area (Å²) >= 11 is 0. The van der Waals surface area contributed by atoms with E-state index in [1.165, 1.54) is 0 Å². The zero-order valence-electron chi connectivity index (χ0n) is 12.0. The van der Waals surface area contributed by atoms with Crippen molar-refractivity contribution in [2.45, 2.75) is 32.4 Å². The molecule has 0 atom stereocenters. The highest BCUT2D eigenvalue weighted by Gasteiger charge is 2.17. The molecule has 0 unspecified atom stereocenters. The second kappa shape index (κ2) is 6.10. The smallest absolute Gasteiger partial charge is 0.163 e. The van der Waals surface area contributed by atoms with E-state index in [-0.39, 0.29) is 5.78 Å². The third kappa shape index (κ3) is 3.14. The Bertz CT molecular complexity index is 647. The van der Waals surface area contributed by atoms with Gasteiger partial charge in [-0.05, 0) is 47.7 Å². The Kier molecular flexibility index (Phi) is 4.02. The standard InChI is InChI=1S/C18H19NO2/c19-11-13-4-6-14(7-5-13)12-21-16-8-9-17-15(10-16)2-1-3-18(17)20/h4-10H,1-3,11-12,19H2. The van der Waals surface area contributed by atoms with Gasteiger partial charge in [-0.2, -0.15) is 0 Å². The molecule has 108 valence electrons. The van der Waals surface area contributed by atoms with E-state index in [2.05, 4.69) is 0 Å². The Morgan fingerprint density at radius 3 is 2.52 bits per heavy atom. The normalized spacial score (nSPS) is 13.9. The minimum atomic E-state index is 0.250. The van der Waals surface area contributed by atoms with Crippen LogP contribution in [0.5, 0.6) is 5.75 Å². The van der Waals surface area contributed by atoms with E-state index < -0.39 is 0 Å². The van der Waals surface area contributed by atoms with Gasteiger partial charge in [0.1, 0.15) is 12.4 Å². The maximum Gasteiger partial charge on any atom is 0.163 e. The van der Waals surface area contributed by atoms with Crippen molar-refractivity contribution in [3.05, 3.63) is 64.7 Å². The quantitative estimate of drug-likeness (QED) is 0.936. The van der Waals surface area contributed by atoms with Crippen LogP contribution in [0.4, 0.5) is 0 Å². The largest absolute Gasteiger partial charge is 0.489 e. The molecule has 1 aliphatic rings. The summed E-state index contributed by atoms with van der Waals surface area (Å²) in [5, 5.41) is 0. The van der Waals surface area contributed by atoms with Gasteiger partial charge in [0, 0.05) is 18.5 Å². The topological polar surface area (TPSA) is 52.3 Å². The molecule has 0 spiro atoms. The number of carbonyl (C=O) groups excluding carboxylic acids is 1. The first-order valence-electron chi connectivity index (χ1n) is 7.33. The number of nitrogens with two attached hydrogens (primary N) is 1. The third-order valence-corrected chi connectivity index (χ3v) is 3.89. The number of fused-ring (bicyclic) bond motifs is 1. The maximum absolute atomic E-state index is 11.8. The molecular weight excluding hydrogens is 262 g/mol. The summed E-state index contributed by atoms with van der Waals surface area (Å²) in [6.45, 7) is 1.08. The monoisotopic (exact) mass is 281 g/mol. The Labute approximate surface area is 124 Å². The molecular formula is C18H19NO2. The molecule has 0 amide bonds. The average molecular weight is 281 g/mol. The van der Waals surface area contributed by atoms with E-state index in [1.54, 1.807) is 0 Å². The molecule has 0 aromatic heterocycles. The molecule has 21 heavy (non-hydrogen) atoms. The second-order valence-corrected chi connectivity index (χ2v) is 5.40. The fourth-order valence-electron chi connectivity index (χ4n) is 2.65. The zero-order valence-corrected chi connectivity index (χ0v) is 12.0. The van der Waals surface area contributed by atoms with Gasteiger partial charge in [-0.25, -0.2) is 0 Å². The van der Waals surface area contributed by atoms with Crippen LogP contribution in [0.15, 0.2) is 42.5 Å². The highest BCUT2D eigenvalue weighted by Crippen LogP contribution is 2.25. The second-order valence-electron chi connectivity index (χ2n) is 5.40. The summed E-state index contributed by atoms with van der Waals surface area (Å²) in [7, 11) is 0. The van der Waals surface area contributed by atoms with Crippen molar-refractivity contribution in [1.29, 1.82) is 0 Å².